The molecule has 1 aromatic carbocycles. The van der Waals surface area contributed by atoms with Gasteiger partial charge in [-0.25, -0.2) is 8.42 Å². The van der Waals surface area contributed by atoms with E-state index in [2.05, 4.69) is 15.0 Å². The number of rotatable bonds is 15. The summed E-state index contributed by atoms with van der Waals surface area (Å²) >= 11 is 0. The third-order valence-corrected chi connectivity index (χ3v) is 9.33. The number of carbonyl (C=O) groups is 1. The average Bonchev–Trinajstić information content (AvgIpc) is 3.01. The lowest BCUT2D eigenvalue weighted by atomic mass is 9.73. The van der Waals surface area contributed by atoms with Crippen LogP contribution in [0.2, 0.25) is 0 Å². The van der Waals surface area contributed by atoms with Crippen molar-refractivity contribution in [3.05, 3.63) is 84.2 Å². The van der Waals surface area contributed by atoms with Crippen molar-refractivity contribution in [1.29, 1.82) is 0 Å². The van der Waals surface area contributed by atoms with Crippen molar-refractivity contribution in [2.24, 2.45) is 5.41 Å². The highest BCUT2D eigenvalue weighted by atomic mass is 35.5. The molecular formula is C32H45Cl2N3O6S. The van der Waals surface area contributed by atoms with Crippen molar-refractivity contribution >= 4 is 46.3 Å². The first kappa shape index (κ1) is 37.9. The molecule has 9 nitrogen and oxygen atoms in total. The minimum atomic E-state index is -3.93. The second-order valence-corrected chi connectivity index (χ2v) is 13.0. The predicted molar refractivity (Wildman–Crippen MR) is 177 cm³/mol. The van der Waals surface area contributed by atoms with Gasteiger partial charge in [-0.15, -0.1) is 24.8 Å². The Labute approximate surface area is 273 Å². The molecular weight excluding hydrogens is 625 g/mol. The fourth-order valence-electron chi connectivity index (χ4n) is 5.55. The molecule has 2 unspecified atom stereocenters. The zero-order chi connectivity index (χ0) is 29.8. The van der Waals surface area contributed by atoms with E-state index in [0.717, 1.165) is 43.2 Å². The Morgan fingerprint density at radius 3 is 2.50 bits per heavy atom. The minimum absolute atomic E-state index is 0. The van der Waals surface area contributed by atoms with Gasteiger partial charge in [0.2, 0.25) is 15.9 Å². The van der Waals surface area contributed by atoms with Gasteiger partial charge >= 0.3 is 0 Å². The molecule has 1 fully saturated rings. The van der Waals surface area contributed by atoms with Crippen LogP contribution in [-0.4, -0.2) is 67.2 Å². The van der Waals surface area contributed by atoms with E-state index in [0.29, 0.717) is 18.5 Å². The van der Waals surface area contributed by atoms with Gasteiger partial charge in [-0.1, -0.05) is 67.8 Å². The molecule has 2 aliphatic rings. The van der Waals surface area contributed by atoms with Crippen molar-refractivity contribution < 1.29 is 28.2 Å². The summed E-state index contributed by atoms with van der Waals surface area (Å²) in [6.07, 6.45) is 13.2. The summed E-state index contributed by atoms with van der Waals surface area (Å²) in [6, 6.07) is 13.4. The summed E-state index contributed by atoms with van der Waals surface area (Å²) in [7, 11) is -3.93. The summed E-state index contributed by atoms with van der Waals surface area (Å²) in [4.78, 5) is 18.1. The molecule has 0 aliphatic heterocycles. The number of unbranched alkanes of at least 4 members (excludes halogenated alkanes) is 1. The number of pyridine rings is 1. The van der Waals surface area contributed by atoms with Gasteiger partial charge in [-0.05, 0) is 61.9 Å². The first-order valence-electron chi connectivity index (χ1n) is 14.9. The van der Waals surface area contributed by atoms with Crippen molar-refractivity contribution in [2.75, 3.05) is 25.4 Å². The maximum atomic E-state index is 14.0. The van der Waals surface area contributed by atoms with Crippen LogP contribution in [0.5, 0.6) is 0 Å². The lowest BCUT2D eigenvalue weighted by molar-refractivity contribution is -0.137. The Hall–Kier alpha value is -2.31. The number of hydrogen-bond acceptors (Lipinski definition) is 8. The van der Waals surface area contributed by atoms with E-state index in [9.17, 15) is 18.3 Å². The minimum Gasteiger partial charge on any atom is -0.396 e. The fraction of sp³-hybridized carbons (Fsp3) is 0.500. The Morgan fingerprint density at radius 2 is 1.82 bits per heavy atom. The van der Waals surface area contributed by atoms with Crippen molar-refractivity contribution in [2.45, 2.75) is 69.7 Å². The summed E-state index contributed by atoms with van der Waals surface area (Å²) in [6.45, 7) is 0.460. The molecule has 0 spiro atoms. The molecule has 2 aliphatic carbocycles. The van der Waals surface area contributed by atoms with Gasteiger partial charge in [-0.3, -0.25) is 14.5 Å². The number of amides is 1. The molecule has 44 heavy (non-hydrogen) atoms. The third-order valence-electron chi connectivity index (χ3n) is 8.01. The highest BCUT2D eigenvalue weighted by molar-refractivity contribution is 7.90. The monoisotopic (exact) mass is 669 g/mol. The summed E-state index contributed by atoms with van der Waals surface area (Å²) < 4.78 is 34.8. The number of sulfonamides is 1. The van der Waals surface area contributed by atoms with Crippen LogP contribution in [-0.2, 0) is 19.6 Å². The van der Waals surface area contributed by atoms with Crippen LogP contribution in [0.3, 0.4) is 0 Å². The van der Waals surface area contributed by atoms with Crippen LogP contribution in [0.1, 0.15) is 68.6 Å². The Bertz CT molecular complexity index is 1310. The number of hydrogen-bond donors (Lipinski definition) is 4. The number of halogens is 2. The molecule has 3 atom stereocenters. The molecule has 4 rings (SSSR count). The van der Waals surface area contributed by atoms with Gasteiger partial charge in [0.15, 0.2) is 0 Å². The standard InChI is InChI=1S/C32H43N3O6S.2ClH/c36-20-7-8-21-42(39,40)35-31(38)32(17-19-34-24-29(37)27-12-9-18-33-23-27)16-15-26(25-10-3-1-4-11-25)22-30(32)41-28-13-5-2-6-14-28;;/h1,3-4,9-12,15-16,18,22-23,28-30,34,36-37H,2,5-8,13-14,17,19-21,24H2,(H,35,38);2*1H/t29-,30?,32?;;/m0../s1. The topological polar surface area (TPSA) is 138 Å². The number of aliphatic hydroxyl groups is 2. The van der Waals surface area contributed by atoms with E-state index in [1.165, 1.54) is 0 Å². The molecule has 1 aromatic heterocycles. The Morgan fingerprint density at radius 1 is 1.07 bits per heavy atom. The molecule has 0 bridgehead atoms. The molecule has 1 amide bonds. The molecule has 4 N–H and O–H groups in total. The summed E-state index contributed by atoms with van der Waals surface area (Å²) in [5.74, 6) is -0.894. The van der Waals surface area contributed by atoms with Crippen LogP contribution >= 0.6 is 24.8 Å². The Kier molecular flexibility index (Phi) is 16.0. The summed E-state index contributed by atoms with van der Waals surface area (Å²) in [5, 5.41) is 22.9. The van der Waals surface area contributed by atoms with Crippen LogP contribution < -0.4 is 10.0 Å². The normalized spacial score (nSPS) is 21.0. The van der Waals surface area contributed by atoms with Crippen LogP contribution in [0.25, 0.3) is 5.57 Å². The van der Waals surface area contributed by atoms with Gasteiger partial charge in [0.1, 0.15) is 0 Å². The first-order chi connectivity index (χ1) is 20.3. The number of carbonyl (C=O) groups excluding carboxylic acids is 1. The van der Waals surface area contributed by atoms with E-state index < -0.39 is 33.6 Å². The van der Waals surface area contributed by atoms with Gasteiger partial charge in [0, 0.05) is 31.1 Å². The predicted octanol–water partition coefficient (Wildman–Crippen LogP) is 4.51. The molecule has 1 heterocycles. The molecule has 1 saturated carbocycles. The zero-order valence-electron chi connectivity index (χ0n) is 24.8. The van der Waals surface area contributed by atoms with E-state index in [4.69, 9.17) is 9.84 Å². The highest BCUT2D eigenvalue weighted by Gasteiger charge is 2.47. The maximum absolute atomic E-state index is 14.0. The van der Waals surface area contributed by atoms with Crippen molar-refractivity contribution in [1.82, 2.24) is 15.0 Å². The SMILES string of the molecule is Cl.Cl.O=C(NS(=O)(=O)CCCCO)C1(CCNC[C@H](O)c2cccnc2)C=CC(c2ccccc2)=CC1OC1CCCCC1. The first-order valence-corrected chi connectivity index (χ1v) is 16.5. The van der Waals surface area contributed by atoms with Crippen LogP contribution in [0, 0.1) is 5.41 Å². The highest BCUT2D eigenvalue weighted by Crippen LogP contribution is 2.40. The quantitative estimate of drug-likeness (QED) is 0.203. The number of nitrogens with one attached hydrogen (secondary N) is 2. The largest absolute Gasteiger partial charge is 0.396 e. The fourth-order valence-corrected chi connectivity index (χ4v) is 6.71. The number of nitrogens with zero attached hydrogens (tertiary/aromatic N) is 1. The third kappa shape index (κ3) is 10.7. The molecule has 0 saturated heterocycles. The van der Waals surface area contributed by atoms with E-state index >= 15 is 0 Å². The average molecular weight is 671 g/mol. The van der Waals surface area contributed by atoms with Crippen molar-refractivity contribution in [3.63, 3.8) is 0 Å². The Balaban J connectivity index is 0.00000337. The van der Waals surface area contributed by atoms with Crippen molar-refractivity contribution in [3.8, 4) is 0 Å². The molecule has 12 heteroatoms. The second kappa shape index (κ2) is 18.6. The van der Waals surface area contributed by atoms with E-state index in [1.807, 2.05) is 42.5 Å². The van der Waals surface area contributed by atoms with Gasteiger partial charge in [0.25, 0.3) is 0 Å². The lowest BCUT2D eigenvalue weighted by Crippen LogP contribution is -2.53. The van der Waals surface area contributed by atoms with Gasteiger partial charge in [0.05, 0.1) is 29.5 Å². The number of allylic oxidation sites excluding steroid dienone is 2. The van der Waals surface area contributed by atoms with Gasteiger partial charge < -0.3 is 20.3 Å². The lowest BCUT2D eigenvalue weighted by Gasteiger charge is -2.40. The molecule has 2 aromatic rings. The van der Waals surface area contributed by atoms with Crippen LogP contribution in [0.4, 0.5) is 0 Å². The second-order valence-electron chi connectivity index (χ2n) is 11.1. The maximum Gasteiger partial charge on any atom is 0.246 e. The zero-order valence-corrected chi connectivity index (χ0v) is 27.3. The molecule has 244 valence electrons. The number of aliphatic hydroxyl groups excluding tert-OH is 2. The van der Waals surface area contributed by atoms with Gasteiger partial charge in [-0.2, -0.15) is 0 Å². The van der Waals surface area contributed by atoms with Crippen LogP contribution in [0.15, 0.2) is 73.1 Å². The summed E-state index contributed by atoms with van der Waals surface area (Å²) in [5.41, 5.74) is 1.27. The van der Waals surface area contributed by atoms with E-state index in [-0.39, 0.29) is 62.7 Å². The smallest absolute Gasteiger partial charge is 0.246 e. The number of benzene rings is 1. The number of aromatic nitrogens is 1. The van der Waals surface area contributed by atoms with E-state index in [1.54, 1.807) is 30.6 Å². The molecule has 0 radical (unpaired) electrons. The number of ether oxygens (including phenoxy) is 1.